The highest BCUT2D eigenvalue weighted by atomic mass is 35.5. The maximum absolute atomic E-state index is 12.5. The summed E-state index contributed by atoms with van der Waals surface area (Å²) < 4.78 is 5.35. The molecule has 0 saturated heterocycles. The number of nitrogens with one attached hydrogen (secondary N) is 1. The second kappa shape index (κ2) is 8.38. The minimum absolute atomic E-state index is 0.156. The molecule has 1 unspecified atom stereocenters. The SMILES string of the molecule is COc1ccccc1CN(C)C(C)C(=O)Nc1cc(Cl)ccc1Cl. The molecule has 0 fully saturated rings. The van der Waals surface area contributed by atoms with Crippen molar-refractivity contribution in [1.29, 1.82) is 0 Å². The number of hydrogen-bond acceptors (Lipinski definition) is 3. The highest BCUT2D eigenvalue weighted by Gasteiger charge is 2.20. The number of nitrogens with zero attached hydrogens (tertiary/aromatic N) is 1. The summed E-state index contributed by atoms with van der Waals surface area (Å²) in [6.45, 7) is 2.42. The van der Waals surface area contributed by atoms with Gasteiger partial charge in [0.1, 0.15) is 5.75 Å². The number of carbonyl (C=O) groups excluding carboxylic acids is 1. The number of rotatable bonds is 6. The Hall–Kier alpha value is -1.75. The summed E-state index contributed by atoms with van der Waals surface area (Å²) in [6, 6.07) is 12.4. The Morgan fingerprint density at radius 3 is 2.67 bits per heavy atom. The van der Waals surface area contributed by atoms with Crippen molar-refractivity contribution in [1.82, 2.24) is 4.90 Å². The second-order valence-electron chi connectivity index (χ2n) is 5.52. The van der Waals surface area contributed by atoms with Gasteiger partial charge >= 0.3 is 0 Å². The molecule has 6 heteroatoms. The largest absolute Gasteiger partial charge is 0.496 e. The van der Waals surface area contributed by atoms with Crippen molar-refractivity contribution >= 4 is 34.8 Å². The number of anilines is 1. The van der Waals surface area contributed by atoms with Gasteiger partial charge in [-0.05, 0) is 38.2 Å². The average molecular weight is 367 g/mol. The Balaban J connectivity index is 2.05. The number of carbonyl (C=O) groups is 1. The number of hydrogen-bond donors (Lipinski definition) is 1. The first kappa shape index (κ1) is 18.6. The topological polar surface area (TPSA) is 41.6 Å². The number of ether oxygens (including phenoxy) is 1. The minimum atomic E-state index is -0.357. The molecule has 2 aromatic carbocycles. The predicted octanol–water partition coefficient (Wildman–Crippen LogP) is 4.46. The number of halogens is 2. The van der Waals surface area contributed by atoms with Gasteiger partial charge in [0.2, 0.25) is 5.91 Å². The van der Waals surface area contributed by atoms with Crippen LogP contribution in [-0.4, -0.2) is 31.0 Å². The first-order valence-electron chi connectivity index (χ1n) is 7.50. The van der Waals surface area contributed by atoms with Crippen LogP contribution < -0.4 is 10.1 Å². The summed E-state index contributed by atoms with van der Waals surface area (Å²) in [4.78, 5) is 14.4. The molecule has 0 saturated carbocycles. The van der Waals surface area contributed by atoms with E-state index in [0.717, 1.165) is 11.3 Å². The van der Waals surface area contributed by atoms with Gasteiger partial charge in [-0.15, -0.1) is 0 Å². The van der Waals surface area contributed by atoms with Crippen LogP contribution in [0.15, 0.2) is 42.5 Å². The number of likely N-dealkylation sites (N-methyl/N-ethyl adjacent to an activating group) is 1. The minimum Gasteiger partial charge on any atom is -0.496 e. The van der Waals surface area contributed by atoms with Gasteiger partial charge in [-0.1, -0.05) is 41.4 Å². The molecule has 1 amide bonds. The van der Waals surface area contributed by atoms with E-state index in [9.17, 15) is 4.79 Å². The van der Waals surface area contributed by atoms with E-state index in [4.69, 9.17) is 27.9 Å². The summed E-state index contributed by atoms with van der Waals surface area (Å²) in [5, 5.41) is 3.79. The van der Waals surface area contributed by atoms with Gasteiger partial charge in [0.05, 0.1) is 23.9 Å². The molecular weight excluding hydrogens is 347 g/mol. The molecule has 2 rings (SSSR count). The van der Waals surface area contributed by atoms with Gasteiger partial charge in [-0.25, -0.2) is 0 Å². The number of benzene rings is 2. The lowest BCUT2D eigenvalue weighted by Crippen LogP contribution is -2.39. The molecule has 24 heavy (non-hydrogen) atoms. The lowest BCUT2D eigenvalue weighted by Gasteiger charge is -2.25. The van der Waals surface area contributed by atoms with Crippen LogP contribution in [0.3, 0.4) is 0 Å². The predicted molar refractivity (Wildman–Crippen MR) is 99.0 cm³/mol. The molecule has 0 heterocycles. The highest BCUT2D eigenvalue weighted by Crippen LogP contribution is 2.26. The van der Waals surface area contributed by atoms with Crippen molar-refractivity contribution in [3.63, 3.8) is 0 Å². The normalized spacial score (nSPS) is 12.1. The lowest BCUT2D eigenvalue weighted by atomic mass is 10.1. The Labute approximate surface area is 152 Å². The molecule has 128 valence electrons. The molecule has 0 bridgehead atoms. The summed E-state index contributed by atoms with van der Waals surface area (Å²) >= 11 is 12.0. The fourth-order valence-corrected chi connectivity index (χ4v) is 2.61. The van der Waals surface area contributed by atoms with E-state index in [1.54, 1.807) is 25.3 Å². The van der Waals surface area contributed by atoms with Gasteiger partial charge in [0.25, 0.3) is 0 Å². The van der Waals surface area contributed by atoms with Crippen LogP contribution in [0.1, 0.15) is 12.5 Å². The molecule has 0 aliphatic carbocycles. The number of para-hydroxylation sites is 1. The van der Waals surface area contributed by atoms with E-state index in [2.05, 4.69) is 5.32 Å². The zero-order chi connectivity index (χ0) is 17.7. The molecule has 2 aromatic rings. The van der Waals surface area contributed by atoms with Crippen molar-refractivity contribution in [2.45, 2.75) is 19.5 Å². The van der Waals surface area contributed by atoms with Crippen LogP contribution in [0.5, 0.6) is 5.75 Å². The van der Waals surface area contributed by atoms with E-state index in [0.29, 0.717) is 22.3 Å². The van der Waals surface area contributed by atoms with E-state index in [1.165, 1.54) is 0 Å². The van der Waals surface area contributed by atoms with Crippen LogP contribution in [0.4, 0.5) is 5.69 Å². The van der Waals surface area contributed by atoms with Crippen LogP contribution in [0.2, 0.25) is 10.0 Å². The Morgan fingerprint density at radius 2 is 1.96 bits per heavy atom. The monoisotopic (exact) mass is 366 g/mol. The first-order valence-corrected chi connectivity index (χ1v) is 8.26. The molecular formula is C18H20Cl2N2O2. The molecule has 0 aliphatic heterocycles. The lowest BCUT2D eigenvalue weighted by molar-refractivity contribution is -0.120. The Bertz CT molecular complexity index is 722. The van der Waals surface area contributed by atoms with Crippen LogP contribution in [0.25, 0.3) is 0 Å². The Kier molecular flexibility index (Phi) is 6.49. The first-order chi connectivity index (χ1) is 11.4. The van der Waals surface area contributed by atoms with Crippen LogP contribution >= 0.6 is 23.2 Å². The van der Waals surface area contributed by atoms with Crippen molar-refractivity contribution in [3.8, 4) is 5.75 Å². The summed E-state index contributed by atoms with van der Waals surface area (Å²) in [5.74, 6) is 0.645. The van der Waals surface area contributed by atoms with Crippen molar-refractivity contribution in [2.75, 3.05) is 19.5 Å². The van der Waals surface area contributed by atoms with E-state index < -0.39 is 0 Å². The molecule has 0 aliphatic rings. The third-order valence-electron chi connectivity index (χ3n) is 3.84. The maximum atomic E-state index is 12.5. The van der Waals surface area contributed by atoms with Crippen molar-refractivity contribution < 1.29 is 9.53 Å². The van der Waals surface area contributed by atoms with Crippen LogP contribution in [0, 0.1) is 0 Å². The molecule has 0 spiro atoms. The second-order valence-corrected chi connectivity index (χ2v) is 6.36. The van der Waals surface area contributed by atoms with E-state index in [1.807, 2.05) is 43.1 Å². The number of amides is 1. The van der Waals surface area contributed by atoms with Crippen LogP contribution in [-0.2, 0) is 11.3 Å². The molecule has 0 radical (unpaired) electrons. The summed E-state index contributed by atoms with van der Waals surface area (Å²) in [7, 11) is 3.52. The van der Waals surface area contributed by atoms with Gasteiger partial charge in [-0.2, -0.15) is 0 Å². The summed E-state index contributed by atoms with van der Waals surface area (Å²) in [5.41, 5.74) is 1.52. The standard InChI is InChI=1S/C18H20Cl2N2O2/c1-12(18(23)21-16-10-14(19)8-9-15(16)20)22(2)11-13-6-4-5-7-17(13)24-3/h4-10,12H,11H2,1-3H3,(H,21,23). The zero-order valence-electron chi connectivity index (χ0n) is 13.8. The van der Waals surface area contributed by atoms with Crippen molar-refractivity contribution in [3.05, 3.63) is 58.1 Å². The third kappa shape index (κ3) is 4.63. The molecule has 4 nitrogen and oxygen atoms in total. The fourth-order valence-electron chi connectivity index (χ4n) is 2.27. The highest BCUT2D eigenvalue weighted by molar-refractivity contribution is 6.35. The van der Waals surface area contributed by atoms with Crippen molar-refractivity contribution in [2.24, 2.45) is 0 Å². The maximum Gasteiger partial charge on any atom is 0.241 e. The third-order valence-corrected chi connectivity index (χ3v) is 4.40. The molecule has 1 atom stereocenters. The van der Waals surface area contributed by atoms with Gasteiger partial charge in [0, 0.05) is 17.1 Å². The molecule has 1 N–H and O–H groups in total. The van der Waals surface area contributed by atoms with E-state index >= 15 is 0 Å². The van der Waals surface area contributed by atoms with Gasteiger partial charge in [-0.3, -0.25) is 9.69 Å². The quantitative estimate of drug-likeness (QED) is 0.820. The average Bonchev–Trinajstić information content (AvgIpc) is 2.57. The fraction of sp³-hybridized carbons (Fsp3) is 0.278. The Morgan fingerprint density at radius 1 is 1.25 bits per heavy atom. The van der Waals surface area contributed by atoms with Gasteiger partial charge < -0.3 is 10.1 Å². The molecule has 0 aromatic heterocycles. The van der Waals surface area contributed by atoms with E-state index in [-0.39, 0.29) is 11.9 Å². The summed E-state index contributed by atoms with van der Waals surface area (Å²) in [6.07, 6.45) is 0. The zero-order valence-corrected chi connectivity index (χ0v) is 15.4. The smallest absolute Gasteiger partial charge is 0.241 e. The van der Waals surface area contributed by atoms with Gasteiger partial charge in [0.15, 0.2) is 0 Å². The number of methoxy groups -OCH3 is 1.